The van der Waals surface area contributed by atoms with Gasteiger partial charge in [-0.05, 0) is 75.8 Å². The second kappa shape index (κ2) is 9.90. The highest BCUT2D eigenvalue weighted by Gasteiger charge is 2.50. The zero-order valence-electron chi connectivity index (χ0n) is 25.5. The molecule has 0 fully saturated rings. The highest BCUT2D eigenvalue weighted by atomic mass is 16.5. The van der Waals surface area contributed by atoms with Crippen LogP contribution in [0.2, 0.25) is 0 Å². The van der Waals surface area contributed by atoms with E-state index in [0.29, 0.717) is 0 Å². The summed E-state index contributed by atoms with van der Waals surface area (Å²) in [7, 11) is 0. The van der Waals surface area contributed by atoms with Crippen LogP contribution in [0.25, 0.3) is 50.4 Å². The highest BCUT2D eigenvalue weighted by molar-refractivity contribution is 5.89. The maximum atomic E-state index is 6.64. The van der Waals surface area contributed by atoms with Crippen LogP contribution in [0.15, 0.2) is 170 Å². The van der Waals surface area contributed by atoms with Gasteiger partial charge >= 0.3 is 0 Å². The van der Waals surface area contributed by atoms with Crippen molar-refractivity contribution in [3.8, 4) is 50.8 Å². The van der Waals surface area contributed by atoms with E-state index in [1.807, 2.05) is 12.1 Å². The lowest BCUT2D eigenvalue weighted by Crippen LogP contribution is -2.32. The van der Waals surface area contributed by atoms with E-state index < -0.39 is 5.41 Å². The SMILES string of the molecule is c1ccc(-n2c(-c3ccc(-c4ccc5c(c4)C4(c6ccccc6O5)c5ccccc5-c5ccccc54)cc3)nc3ccccc32)cc1. The molecule has 7 aromatic carbocycles. The number of nitrogens with zero attached hydrogens (tertiary/aromatic N) is 2. The molecule has 1 aliphatic heterocycles. The molecule has 0 atom stereocenters. The van der Waals surface area contributed by atoms with Crippen molar-refractivity contribution < 1.29 is 4.74 Å². The summed E-state index contributed by atoms with van der Waals surface area (Å²) in [5.74, 6) is 2.73. The lowest BCUT2D eigenvalue weighted by atomic mass is 9.66. The summed E-state index contributed by atoms with van der Waals surface area (Å²) in [4.78, 5) is 5.08. The average molecular weight is 601 g/mol. The smallest absolute Gasteiger partial charge is 0.145 e. The number of ether oxygens (including phenoxy) is 1. The topological polar surface area (TPSA) is 27.1 Å². The Balaban J connectivity index is 1.14. The van der Waals surface area contributed by atoms with Gasteiger partial charge in [-0.3, -0.25) is 4.57 Å². The summed E-state index contributed by atoms with van der Waals surface area (Å²) in [5.41, 5.74) is 13.6. The molecule has 0 unspecified atom stereocenters. The first-order valence-electron chi connectivity index (χ1n) is 16.1. The van der Waals surface area contributed by atoms with Crippen LogP contribution in [0.5, 0.6) is 11.5 Å². The van der Waals surface area contributed by atoms with Crippen LogP contribution in [-0.2, 0) is 5.41 Å². The van der Waals surface area contributed by atoms with Gasteiger partial charge in [0, 0.05) is 22.4 Å². The molecule has 0 amide bonds. The van der Waals surface area contributed by atoms with E-state index in [9.17, 15) is 0 Å². The number of hydrogen-bond acceptors (Lipinski definition) is 2. The quantitative estimate of drug-likeness (QED) is 0.202. The van der Waals surface area contributed by atoms with Crippen LogP contribution in [0.3, 0.4) is 0 Å². The van der Waals surface area contributed by atoms with Gasteiger partial charge in [0.05, 0.1) is 16.4 Å². The monoisotopic (exact) mass is 600 g/mol. The minimum absolute atomic E-state index is 0.478. The zero-order valence-corrected chi connectivity index (χ0v) is 25.5. The van der Waals surface area contributed by atoms with Gasteiger partial charge in [-0.15, -0.1) is 0 Å². The van der Waals surface area contributed by atoms with E-state index in [1.54, 1.807) is 0 Å². The van der Waals surface area contributed by atoms with Crippen molar-refractivity contribution in [1.82, 2.24) is 9.55 Å². The first-order chi connectivity index (χ1) is 23.3. The lowest BCUT2D eigenvalue weighted by Gasteiger charge is -2.39. The molecule has 47 heavy (non-hydrogen) atoms. The number of imidazole rings is 1. The summed E-state index contributed by atoms with van der Waals surface area (Å²) < 4.78 is 8.88. The average Bonchev–Trinajstić information content (AvgIpc) is 3.67. The normalized spacial score (nSPS) is 13.4. The molecule has 3 nitrogen and oxygen atoms in total. The fourth-order valence-electron chi connectivity index (χ4n) is 7.91. The molecule has 3 heteroatoms. The molecular formula is C44H28N2O. The molecule has 0 saturated heterocycles. The van der Waals surface area contributed by atoms with E-state index in [1.165, 1.54) is 33.4 Å². The zero-order chi connectivity index (χ0) is 31.0. The molecule has 0 saturated carbocycles. The summed E-state index contributed by atoms with van der Waals surface area (Å²) >= 11 is 0. The van der Waals surface area contributed by atoms with E-state index >= 15 is 0 Å². The van der Waals surface area contributed by atoms with E-state index in [2.05, 4.69) is 162 Å². The number of fused-ring (bicyclic) bond motifs is 10. The van der Waals surface area contributed by atoms with Crippen molar-refractivity contribution in [2.24, 2.45) is 0 Å². The fourth-order valence-corrected chi connectivity index (χ4v) is 7.91. The second-order valence-corrected chi connectivity index (χ2v) is 12.3. The summed E-state index contributed by atoms with van der Waals surface area (Å²) in [5, 5.41) is 0. The molecule has 8 aromatic rings. The van der Waals surface area contributed by atoms with Gasteiger partial charge in [0.1, 0.15) is 17.3 Å². The molecule has 1 aromatic heterocycles. The van der Waals surface area contributed by atoms with Crippen LogP contribution in [0, 0.1) is 0 Å². The standard InChI is InChI=1S/C44H28N2O/c1-2-12-32(13-3-1)46-40-20-10-9-19-39(40)45-43(46)30-24-22-29(23-25-30)31-26-27-42-38(28-31)44(37-18-8-11-21-41(37)47-42)35-16-6-4-14-33(35)34-15-5-7-17-36(34)44/h1-28H. The van der Waals surface area contributed by atoms with Crippen LogP contribution >= 0.6 is 0 Å². The Morgan fingerprint density at radius 2 is 1.02 bits per heavy atom. The number of para-hydroxylation sites is 4. The maximum absolute atomic E-state index is 6.64. The molecule has 2 heterocycles. The first kappa shape index (κ1) is 26.1. The molecule has 10 rings (SSSR count). The van der Waals surface area contributed by atoms with Gasteiger partial charge in [0.2, 0.25) is 0 Å². The van der Waals surface area contributed by atoms with Crippen molar-refractivity contribution in [2.75, 3.05) is 0 Å². The highest BCUT2D eigenvalue weighted by Crippen LogP contribution is 2.62. The van der Waals surface area contributed by atoms with Crippen LogP contribution < -0.4 is 4.74 Å². The first-order valence-corrected chi connectivity index (χ1v) is 16.1. The van der Waals surface area contributed by atoms with Crippen molar-refractivity contribution in [1.29, 1.82) is 0 Å². The van der Waals surface area contributed by atoms with E-state index in [4.69, 9.17) is 9.72 Å². The van der Waals surface area contributed by atoms with Gasteiger partial charge in [-0.25, -0.2) is 4.98 Å². The molecular weight excluding hydrogens is 572 g/mol. The van der Waals surface area contributed by atoms with E-state index in [0.717, 1.165) is 50.7 Å². The molecule has 1 aliphatic carbocycles. The summed E-state index contributed by atoms with van der Waals surface area (Å²) in [6, 6.07) is 60.5. The van der Waals surface area contributed by atoms with Crippen molar-refractivity contribution >= 4 is 11.0 Å². The molecule has 0 N–H and O–H groups in total. The van der Waals surface area contributed by atoms with Gasteiger partial charge in [0.25, 0.3) is 0 Å². The second-order valence-electron chi connectivity index (χ2n) is 12.3. The minimum atomic E-state index is -0.478. The van der Waals surface area contributed by atoms with Crippen LogP contribution in [0.4, 0.5) is 0 Å². The lowest BCUT2D eigenvalue weighted by molar-refractivity contribution is 0.436. The molecule has 2 aliphatic rings. The Morgan fingerprint density at radius 3 is 1.79 bits per heavy atom. The molecule has 220 valence electrons. The molecule has 0 bridgehead atoms. The number of aromatic nitrogens is 2. The largest absolute Gasteiger partial charge is 0.457 e. The third-order valence-electron chi connectivity index (χ3n) is 9.90. The Morgan fingerprint density at radius 1 is 0.447 bits per heavy atom. The molecule has 0 radical (unpaired) electrons. The minimum Gasteiger partial charge on any atom is -0.457 e. The fraction of sp³-hybridized carbons (Fsp3) is 0.0227. The van der Waals surface area contributed by atoms with Crippen LogP contribution in [-0.4, -0.2) is 9.55 Å². The summed E-state index contributed by atoms with van der Waals surface area (Å²) in [6.45, 7) is 0. The predicted octanol–water partition coefficient (Wildman–Crippen LogP) is 10.8. The third-order valence-corrected chi connectivity index (χ3v) is 9.90. The third kappa shape index (κ3) is 3.65. The Bertz CT molecular complexity index is 2450. The van der Waals surface area contributed by atoms with Gasteiger partial charge in [0.15, 0.2) is 0 Å². The summed E-state index contributed by atoms with van der Waals surface area (Å²) in [6.07, 6.45) is 0. The number of hydrogen-bond donors (Lipinski definition) is 0. The Labute approximate surface area is 273 Å². The van der Waals surface area contributed by atoms with Gasteiger partial charge < -0.3 is 4.74 Å². The van der Waals surface area contributed by atoms with Crippen molar-refractivity contribution in [3.63, 3.8) is 0 Å². The molecule has 1 spiro atoms. The van der Waals surface area contributed by atoms with Gasteiger partial charge in [-0.2, -0.15) is 0 Å². The Hall–Kier alpha value is -6.19. The number of benzene rings is 7. The van der Waals surface area contributed by atoms with E-state index in [-0.39, 0.29) is 0 Å². The maximum Gasteiger partial charge on any atom is 0.145 e. The van der Waals surface area contributed by atoms with Gasteiger partial charge in [-0.1, -0.05) is 127 Å². The van der Waals surface area contributed by atoms with Crippen LogP contribution in [0.1, 0.15) is 22.3 Å². The predicted molar refractivity (Wildman–Crippen MR) is 189 cm³/mol. The Kier molecular flexibility index (Phi) is 5.49. The van der Waals surface area contributed by atoms with Crippen molar-refractivity contribution in [3.05, 3.63) is 192 Å². The van der Waals surface area contributed by atoms with Crippen molar-refractivity contribution in [2.45, 2.75) is 5.41 Å². The number of rotatable bonds is 3.